The van der Waals surface area contributed by atoms with E-state index in [0.717, 1.165) is 38.6 Å². The number of ether oxygens (including phenoxy) is 2. The molecule has 11 heteroatoms. The van der Waals surface area contributed by atoms with Crippen molar-refractivity contribution in [3.05, 3.63) is 47.7 Å². The molecule has 0 amide bonds. The van der Waals surface area contributed by atoms with E-state index in [9.17, 15) is 14.6 Å². The first kappa shape index (κ1) is 29.6. The number of aromatic hydroxyl groups is 1. The number of pyridine rings is 1. The molecule has 3 unspecified atom stereocenters. The van der Waals surface area contributed by atoms with E-state index in [1.54, 1.807) is 0 Å². The number of hydrogen-bond donors (Lipinski definition) is 2. The maximum absolute atomic E-state index is 16.8. The standard InChI is InChI=1S/C34H35F2N5O4/c1-3-23-26(35)8-7-20-14-21(42)15-24(28(20)23)30-29(36)31-25(16-37-30)32(41-12-13-44-18-22(43)17-41)39-33(38-31)45-19-34-9-4-6-27(34)40(2)11-5-10-34/h1,7-8,14-16,22,27,42-43H,4-6,9-13,17-19H2,2H3. The molecule has 0 spiro atoms. The summed E-state index contributed by atoms with van der Waals surface area (Å²) in [5.41, 5.74) is -0.149. The average molecular weight is 616 g/mol. The van der Waals surface area contributed by atoms with Gasteiger partial charge >= 0.3 is 6.01 Å². The molecule has 3 aliphatic rings. The lowest BCUT2D eigenvalue weighted by Crippen LogP contribution is -2.50. The third kappa shape index (κ3) is 5.21. The van der Waals surface area contributed by atoms with Gasteiger partial charge in [-0.15, -0.1) is 6.42 Å². The molecule has 2 aromatic heterocycles. The molecule has 7 rings (SSSR count). The van der Waals surface area contributed by atoms with Gasteiger partial charge in [-0.3, -0.25) is 4.98 Å². The van der Waals surface area contributed by atoms with Crippen LogP contribution in [-0.2, 0) is 4.74 Å². The number of terminal acetylenes is 1. The molecule has 2 aromatic carbocycles. The summed E-state index contributed by atoms with van der Waals surface area (Å²) in [5, 5.41) is 22.0. The number of hydrogen-bond acceptors (Lipinski definition) is 9. The average Bonchev–Trinajstić information content (AvgIpc) is 3.35. The summed E-state index contributed by atoms with van der Waals surface area (Å²) in [7, 11) is 2.16. The molecule has 2 N–H and O–H groups in total. The number of phenolic OH excluding ortho intramolecular Hbond substituents is 1. The molecule has 4 heterocycles. The zero-order valence-corrected chi connectivity index (χ0v) is 25.1. The second-order valence-electron chi connectivity index (χ2n) is 12.5. The van der Waals surface area contributed by atoms with Crippen molar-refractivity contribution >= 4 is 27.5 Å². The number of nitrogens with zero attached hydrogens (tertiary/aromatic N) is 5. The number of rotatable bonds is 5. The van der Waals surface area contributed by atoms with Gasteiger partial charge in [0.2, 0.25) is 0 Å². The number of piperidine rings is 1. The van der Waals surface area contributed by atoms with Crippen LogP contribution in [0.4, 0.5) is 14.6 Å². The number of β-amino-alcohol motifs (C(OH)–C–C–N with tert-alkyl or cyclic N) is 1. The monoisotopic (exact) mass is 615 g/mol. The minimum Gasteiger partial charge on any atom is -0.508 e. The van der Waals surface area contributed by atoms with Crippen LogP contribution in [0.5, 0.6) is 11.8 Å². The Morgan fingerprint density at radius 3 is 2.87 bits per heavy atom. The Labute approximate surface area is 259 Å². The number of aliphatic hydroxyl groups is 1. The van der Waals surface area contributed by atoms with Gasteiger partial charge in [0.25, 0.3) is 0 Å². The second kappa shape index (κ2) is 11.7. The number of benzene rings is 2. The van der Waals surface area contributed by atoms with Crippen molar-refractivity contribution in [3.8, 4) is 35.4 Å². The van der Waals surface area contributed by atoms with Crippen molar-refractivity contribution in [2.45, 2.75) is 44.2 Å². The summed E-state index contributed by atoms with van der Waals surface area (Å²) in [6.07, 6.45) is 11.7. The zero-order valence-electron chi connectivity index (χ0n) is 25.1. The Hall–Kier alpha value is -4.11. The van der Waals surface area contributed by atoms with Gasteiger partial charge in [-0.1, -0.05) is 18.4 Å². The molecular formula is C34H35F2N5O4. The van der Waals surface area contributed by atoms with Crippen LogP contribution >= 0.6 is 0 Å². The molecule has 0 radical (unpaired) electrons. The number of aliphatic hydroxyl groups excluding tert-OH is 1. The molecule has 4 aromatic rings. The SMILES string of the molecule is C#Cc1c(F)ccc2cc(O)cc(-c3ncc4c(N5CCOCC(O)C5)nc(OCC56CCCC5N(C)CCC6)nc4c3F)c12. The Balaban J connectivity index is 1.38. The predicted octanol–water partition coefficient (Wildman–Crippen LogP) is 4.65. The second-order valence-corrected chi connectivity index (χ2v) is 12.5. The lowest BCUT2D eigenvalue weighted by atomic mass is 9.76. The molecule has 45 heavy (non-hydrogen) atoms. The maximum atomic E-state index is 16.8. The smallest absolute Gasteiger partial charge is 0.319 e. The largest absolute Gasteiger partial charge is 0.508 e. The number of phenols is 1. The molecule has 3 atom stereocenters. The van der Waals surface area contributed by atoms with Crippen LogP contribution in [0.25, 0.3) is 32.9 Å². The van der Waals surface area contributed by atoms with Crippen LogP contribution in [-0.4, -0.2) is 88.7 Å². The van der Waals surface area contributed by atoms with E-state index in [0.29, 0.717) is 42.4 Å². The highest BCUT2D eigenvalue weighted by atomic mass is 19.1. The van der Waals surface area contributed by atoms with Crippen LogP contribution < -0.4 is 9.64 Å². The first-order valence-corrected chi connectivity index (χ1v) is 15.4. The summed E-state index contributed by atoms with van der Waals surface area (Å²) < 4.78 is 43.5. The molecule has 0 bridgehead atoms. The maximum Gasteiger partial charge on any atom is 0.319 e. The van der Waals surface area contributed by atoms with Crippen LogP contribution in [0.15, 0.2) is 30.5 Å². The van der Waals surface area contributed by atoms with Gasteiger partial charge in [-0.05, 0) is 62.9 Å². The van der Waals surface area contributed by atoms with Crippen LogP contribution in [0, 0.1) is 29.4 Å². The van der Waals surface area contributed by atoms with Gasteiger partial charge in [-0.25, -0.2) is 8.78 Å². The van der Waals surface area contributed by atoms with E-state index in [-0.39, 0.29) is 58.1 Å². The lowest BCUT2D eigenvalue weighted by molar-refractivity contribution is 0.0133. The minimum absolute atomic E-state index is 0.0255. The number of aromatic nitrogens is 3. The predicted molar refractivity (Wildman–Crippen MR) is 166 cm³/mol. The van der Waals surface area contributed by atoms with Crippen molar-refractivity contribution in [1.82, 2.24) is 19.9 Å². The molecule has 1 aliphatic carbocycles. The fourth-order valence-electron chi connectivity index (χ4n) is 7.64. The Morgan fingerprint density at radius 1 is 1.18 bits per heavy atom. The van der Waals surface area contributed by atoms with E-state index < -0.39 is 17.7 Å². The topological polar surface area (TPSA) is 104 Å². The molecule has 2 saturated heterocycles. The third-order valence-corrected chi connectivity index (χ3v) is 9.71. The van der Waals surface area contributed by atoms with Crippen molar-refractivity contribution in [1.29, 1.82) is 0 Å². The molecule has 9 nitrogen and oxygen atoms in total. The first-order chi connectivity index (χ1) is 21.8. The molecular weight excluding hydrogens is 580 g/mol. The van der Waals surface area contributed by atoms with E-state index in [2.05, 4.69) is 27.8 Å². The first-order valence-electron chi connectivity index (χ1n) is 15.4. The third-order valence-electron chi connectivity index (χ3n) is 9.71. The van der Waals surface area contributed by atoms with E-state index in [1.807, 2.05) is 4.90 Å². The normalized spacial score (nSPS) is 24.0. The number of likely N-dealkylation sites (tertiary alicyclic amines) is 1. The fourth-order valence-corrected chi connectivity index (χ4v) is 7.64. The summed E-state index contributed by atoms with van der Waals surface area (Å²) in [6.45, 7) is 2.60. The van der Waals surface area contributed by atoms with Crippen LogP contribution in [0.1, 0.15) is 37.7 Å². The molecule has 2 aliphatic heterocycles. The summed E-state index contributed by atoms with van der Waals surface area (Å²) >= 11 is 0. The Morgan fingerprint density at radius 2 is 2.02 bits per heavy atom. The van der Waals surface area contributed by atoms with Gasteiger partial charge in [0.1, 0.15) is 28.6 Å². The summed E-state index contributed by atoms with van der Waals surface area (Å²) in [4.78, 5) is 18.0. The van der Waals surface area contributed by atoms with Crippen molar-refractivity contribution in [2.75, 3.05) is 51.4 Å². The van der Waals surface area contributed by atoms with E-state index >= 15 is 4.39 Å². The summed E-state index contributed by atoms with van der Waals surface area (Å²) in [5.74, 6) is 1.15. The molecule has 234 valence electrons. The highest BCUT2D eigenvalue weighted by Crippen LogP contribution is 2.47. The molecule has 3 fully saturated rings. The van der Waals surface area contributed by atoms with Crippen molar-refractivity contribution in [3.63, 3.8) is 0 Å². The van der Waals surface area contributed by atoms with E-state index in [4.69, 9.17) is 20.9 Å². The quantitative estimate of drug-likeness (QED) is 0.311. The van der Waals surface area contributed by atoms with Gasteiger partial charge in [0.05, 0.1) is 36.9 Å². The van der Waals surface area contributed by atoms with Crippen LogP contribution in [0.2, 0.25) is 0 Å². The highest BCUT2D eigenvalue weighted by Gasteiger charge is 2.47. The van der Waals surface area contributed by atoms with E-state index in [1.165, 1.54) is 30.5 Å². The van der Waals surface area contributed by atoms with Gasteiger partial charge in [0, 0.05) is 41.7 Å². The molecule has 1 saturated carbocycles. The van der Waals surface area contributed by atoms with Gasteiger partial charge in [0.15, 0.2) is 5.82 Å². The number of fused-ring (bicyclic) bond motifs is 3. The lowest BCUT2D eigenvalue weighted by Gasteiger charge is -2.44. The number of anilines is 1. The zero-order chi connectivity index (χ0) is 31.3. The minimum atomic E-state index is -0.791. The van der Waals surface area contributed by atoms with Crippen molar-refractivity contribution in [2.24, 2.45) is 5.41 Å². The fraction of sp³-hybridized carbons (Fsp3) is 0.441. The number of halogens is 2. The van der Waals surface area contributed by atoms with Gasteiger partial charge in [-0.2, -0.15) is 9.97 Å². The van der Waals surface area contributed by atoms with Crippen molar-refractivity contribution < 1.29 is 28.5 Å². The van der Waals surface area contributed by atoms with Crippen LogP contribution in [0.3, 0.4) is 0 Å². The Bertz CT molecular complexity index is 1830. The summed E-state index contributed by atoms with van der Waals surface area (Å²) in [6, 6.07) is 5.88. The van der Waals surface area contributed by atoms with Gasteiger partial charge < -0.3 is 29.5 Å². The highest BCUT2D eigenvalue weighted by molar-refractivity contribution is 6.03. The Kier molecular flexibility index (Phi) is 7.68.